The van der Waals surface area contributed by atoms with Crippen LogP contribution in [0.3, 0.4) is 0 Å². The number of benzene rings is 2. The van der Waals surface area contributed by atoms with Crippen molar-refractivity contribution in [2.24, 2.45) is 0 Å². The lowest BCUT2D eigenvalue weighted by molar-refractivity contribution is -0.114. The summed E-state index contributed by atoms with van der Waals surface area (Å²) in [7, 11) is 1.89. The SMILES string of the molecule is Cc1ccc(N)cc1NC(=O)CN(C)c1ccccc1. The smallest absolute Gasteiger partial charge is 0.243 e. The summed E-state index contributed by atoms with van der Waals surface area (Å²) < 4.78 is 0. The van der Waals surface area contributed by atoms with Gasteiger partial charge in [0.05, 0.1) is 6.54 Å². The third-order valence-electron chi connectivity index (χ3n) is 3.11. The number of aryl methyl sites for hydroxylation is 1. The highest BCUT2D eigenvalue weighted by molar-refractivity contribution is 5.95. The number of hydrogen-bond acceptors (Lipinski definition) is 3. The number of likely N-dealkylation sites (N-methyl/N-ethyl adjacent to an activating group) is 1. The van der Waals surface area contributed by atoms with Gasteiger partial charge in [0.2, 0.25) is 5.91 Å². The molecular weight excluding hydrogens is 250 g/mol. The third-order valence-corrected chi connectivity index (χ3v) is 3.11. The van der Waals surface area contributed by atoms with Gasteiger partial charge < -0.3 is 16.0 Å². The highest BCUT2D eigenvalue weighted by Gasteiger charge is 2.09. The molecule has 3 N–H and O–H groups in total. The molecule has 0 heterocycles. The molecule has 2 aromatic carbocycles. The maximum absolute atomic E-state index is 12.1. The summed E-state index contributed by atoms with van der Waals surface area (Å²) in [5.74, 6) is -0.0648. The molecule has 1 amide bonds. The third kappa shape index (κ3) is 3.51. The lowest BCUT2D eigenvalue weighted by Crippen LogP contribution is -2.30. The Labute approximate surface area is 119 Å². The van der Waals surface area contributed by atoms with Gasteiger partial charge in [0.25, 0.3) is 0 Å². The molecule has 0 aromatic heterocycles. The predicted octanol–water partition coefficient (Wildman–Crippen LogP) is 2.65. The summed E-state index contributed by atoms with van der Waals surface area (Å²) in [5.41, 5.74) is 9.14. The molecule has 4 nitrogen and oxygen atoms in total. The van der Waals surface area contributed by atoms with E-state index in [1.54, 1.807) is 6.07 Å². The van der Waals surface area contributed by atoms with Crippen LogP contribution in [-0.4, -0.2) is 19.5 Å². The molecule has 20 heavy (non-hydrogen) atoms. The first kappa shape index (κ1) is 13.9. The highest BCUT2D eigenvalue weighted by atomic mass is 16.2. The second-order valence-electron chi connectivity index (χ2n) is 4.81. The van der Waals surface area contributed by atoms with Gasteiger partial charge in [-0.2, -0.15) is 0 Å². The second kappa shape index (κ2) is 6.10. The first-order valence-corrected chi connectivity index (χ1v) is 6.48. The standard InChI is InChI=1S/C16H19N3O/c1-12-8-9-13(17)10-15(12)18-16(20)11-19(2)14-6-4-3-5-7-14/h3-10H,11,17H2,1-2H3,(H,18,20). The Bertz CT molecular complexity index is 596. The molecule has 0 fully saturated rings. The fourth-order valence-corrected chi connectivity index (χ4v) is 1.95. The van der Waals surface area contributed by atoms with Crippen molar-refractivity contribution in [1.82, 2.24) is 0 Å². The van der Waals surface area contributed by atoms with Crippen LogP contribution in [0, 0.1) is 6.92 Å². The van der Waals surface area contributed by atoms with E-state index in [0.29, 0.717) is 5.69 Å². The van der Waals surface area contributed by atoms with E-state index in [1.807, 2.05) is 61.3 Å². The van der Waals surface area contributed by atoms with E-state index in [4.69, 9.17) is 5.73 Å². The number of para-hydroxylation sites is 1. The van der Waals surface area contributed by atoms with Gasteiger partial charge in [-0.25, -0.2) is 0 Å². The first-order chi connectivity index (χ1) is 9.56. The van der Waals surface area contributed by atoms with Gasteiger partial charge in [0.15, 0.2) is 0 Å². The fraction of sp³-hybridized carbons (Fsp3) is 0.188. The van der Waals surface area contributed by atoms with Crippen molar-refractivity contribution in [2.45, 2.75) is 6.92 Å². The van der Waals surface area contributed by atoms with Crippen molar-refractivity contribution < 1.29 is 4.79 Å². The van der Waals surface area contributed by atoms with E-state index in [1.165, 1.54) is 0 Å². The summed E-state index contributed by atoms with van der Waals surface area (Å²) in [5, 5.41) is 2.89. The predicted molar refractivity (Wildman–Crippen MR) is 83.9 cm³/mol. The molecule has 0 spiro atoms. The average Bonchev–Trinajstić information content (AvgIpc) is 2.43. The maximum atomic E-state index is 12.1. The van der Waals surface area contributed by atoms with E-state index in [9.17, 15) is 4.79 Å². The van der Waals surface area contributed by atoms with Crippen molar-refractivity contribution in [1.29, 1.82) is 0 Å². The Morgan fingerprint density at radius 1 is 1.20 bits per heavy atom. The van der Waals surface area contributed by atoms with Crippen LogP contribution in [-0.2, 0) is 4.79 Å². The van der Waals surface area contributed by atoms with Crippen molar-refractivity contribution in [3.63, 3.8) is 0 Å². The molecule has 0 unspecified atom stereocenters. The van der Waals surface area contributed by atoms with E-state index >= 15 is 0 Å². The number of amides is 1. The molecular formula is C16H19N3O. The van der Waals surface area contributed by atoms with Crippen molar-refractivity contribution in [3.05, 3.63) is 54.1 Å². The van der Waals surface area contributed by atoms with Crippen molar-refractivity contribution in [3.8, 4) is 0 Å². The summed E-state index contributed by atoms with van der Waals surface area (Å²) in [6.45, 7) is 2.23. The lowest BCUT2D eigenvalue weighted by Gasteiger charge is -2.19. The molecule has 0 radical (unpaired) electrons. The van der Waals surface area contributed by atoms with E-state index in [0.717, 1.165) is 16.9 Å². The molecule has 0 bridgehead atoms. The largest absolute Gasteiger partial charge is 0.399 e. The van der Waals surface area contributed by atoms with Crippen LogP contribution in [0.15, 0.2) is 48.5 Å². The van der Waals surface area contributed by atoms with Gasteiger partial charge in [-0.1, -0.05) is 24.3 Å². The fourth-order valence-electron chi connectivity index (χ4n) is 1.95. The molecule has 0 saturated carbocycles. The Morgan fingerprint density at radius 2 is 1.90 bits per heavy atom. The molecule has 0 atom stereocenters. The zero-order valence-electron chi connectivity index (χ0n) is 11.8. The minimum absolute atomic E-state index is 0.0648. The average molecular weight is 269 g/mol. The first-order valence-electron chi connectivity index (χ1n) is 6.48. The number of nitrogens with two attached hydrogens (primary N) is 1. The monoisotopic (exact) mass is 269 g/mol. The number of carbonyl (C=O) groups is 1. The number of hydrogen-bond donors (Lipinski definition) is 2. The van der Waals surface area contributed by atoms with Crippen LogP contribution in [0.4, 0.5) is 17.1 Å². The molecule has 2 aromatic rings. The number of nitrogens with one attached hydrogen (secondary N) is 1. The summed E-state index contributed by atoms with van der Waals surface area (Å²) in [4.78, 5) is 14.0. The van der Waals surface area contributed by atoms with Crippen LogP contribution in [0.1, 0.15) is 5.56 Å². The van der Waals surface area contributed by atoms with Crippen LogP contribution in [0.2, 0.25) is 0 Å². The summed E-state index contributed by atoms with van der Waals surface area (Å²) in [6.07, 6.45) is 0. The van der Waals surface area contributed by atoms with Gasteiger partial charge >= 0.3 is 0 Å². The van der Waals surface area contributed by atoms with Gasteiger partial charge in [-0.05, 0) is 36.8 Å². The minimum atomic E-state index is -0.0648. The number of nitrogens with zero attached hydrogens (tertiary/aromatic N) is 1. The normalized spacial score (nSPS) is 10.1. The van der Waals surface area contributed by atoms with Gasteiger partial charge in [-0.15, -0.1) is 0 Å². The van der Waals surface area contributed by atoms with Crippen LogP contribution in [0.5, 0.6) is 0 Å². The van der Waals surface area contributed by atoms with Gasteiger partial charge in [0, 0.05) is 24.1 Å². The maximum Gasteiger partial charge on any atom is 0.243 e. The lowest BCUT2D eigenvalue weighted by atomic mass is 10.2. The molecule has 104 valence electrons. The highest BCUT2D eigenvalue weighted by Crippen LogP contribution is 2.18. The van der Waals surface area contributed by atoms with E-state index in [2.05, 4.69) is 5.32 Å². The summed E-state index contributed by atoms with van der Waals surface area (Å²) >= 11 is 0. The van der Waals surface area contributed by atoms with Crippen LogP contribution < -0.4 is 16.0 Å². The van der Waals surface area contributed by atoms with Crippen LogP contribution >= 0.6 is 0 Å². The molecule has 0 aliphatic rings. The Kier molecular flexibility index (Phi) is 4.25. The Morgan fingerprint density at radius 3 is 2.60 bits per heavy atom. The van der Waals surface area contributed by atoms with E-state index < -0.39 is 0 Å². The Hall–Kier alpha value is -2.49. The second-order valence-corrected chi connectivity index (χ2v) is 4.81. The molecule has 4 heteroatoms. The van der Waals surface area contributed by atoms with Crippen molar-refractivity contribution in [2.75, 3.05) is 29.5 Å². The minimum Gasteiger partial charge on any atom is -0.399 e. The summed E-state index contributed by atoms with van der Waals surface area (Å²) in [6, 6.07) is 15.3. The van der Waals surface area contributed by atoms with Crippen LogP contribution in [0.25, 0.3) is 0 Å². The molecule has 2 rings (SSSR count). The van der Waals surface area contributed by atoms with Gasteiger partial charge in [-0.3, -0.25) is 4.79 Å². The number of carbonyl (C=O) groups excluding carboxylic acids is 1. The van der Waals surface area contributed by atoms with Crippen molar-refractivity contribution >= 4 is 23.0 Å². The van der Waals surface area contributed by atoms with Gasteiger partial charge in [0.1, 0.15) is 0 Å². The number of nitrogen functional groups attached to an aromatic ring is 1. The van der Waals surface area contributed by atoms with E-state index in [-0.39, 0.29) is 12.5 Å². The molecule has 0 aliphatic heterocycles. The quantitative estimate of drug-likeness (QED) is 0.839. The Balaban J connectivity index is 2.01. The zero-order chi connectivity index (χ0) is 14.5. The number of rotatable bonds is 4. The topological polar surface area (TPSA) is 58.4 Å². The zero-order valence-corrected chi connectivity index (χ0v) is 11.8. The number of anilines is 3. The molecule has 0 aliphatic carbocycles. The molecule has 0 saturated heterocycles.